The van der Waals surface area contributed by atoms with Crippen molar-refractivity contribution in [3.05, 3.63) is 36.2 Å². The van der Waals surface area contributed by atoms with Crippen molar-refractivity contribution in [1.82, 2.24) is 15.6 Å². The van der Waals surface area contributed by atoms with Gasteiger partial charge in [0.05, 0.1) is 31.0 Å². The Balaban J connectivity index is 2.77. The van der Waals surface area contributed by atoms with Gasteiger partial charge in [0.1, 0.15) is 0 Å². The van der Waals surface area contributed by atoms with Crippen LogP contribution in [0.1, 0.15) is 25.5 Å². The number of carbonyl (C=O) groups excluding carboxylic acids is 4. The molecule has 0 saturated carbocycles. The first kappa shape index (κ1) is 19.0. The summed E-state index contributed by atoms with van der Waals surface area (Å²) in [5.41, 5.74) is 0.528. The van der Waals surface area contributed by atoms with Gasteiger partial charge in [0.15, 0.2) is 0 Å². The Hall–Kier alpha value is -3.03. The van der Waals surface area contributed by atoms with Gasteiger partial charge in [0.25, 0.3) is 0 Å². The van der Waals surface area contributed by atoms with E-state index < -0.39 is 17.8 Å². The molecule has 24 heavy (non-hydrogen) atoms. The first-order valence-electron chi connectivity index (χ1n) is 7.28. The van der Waals surface area contributed by atoms with Gasteiger partial charge in [-0.1, -0.05) is 6.07 Å². The van der Waals surface area contributed by atoms with E-state index in [2.05, 4.69) is 15.6 Å². The van der Waals surface area contributed by atoms with Crippen LogP contribution in [0.2, 0.25) is 0 Å². The molecule has 127 valence electrons. The molecule has 0 spiro atoms. The van der Waals surface area contributed by atoms with Crippen molar-refractivity contribution >= 4 is 29.8 Å². The maximum absolute atomic E-state index is 11.9. The van der Waals surface area contributed by atoms with Gasteiger partial charge >= 0.3 is 5.97 Å². The summed E-state index contributed by atoms with van der Waals surface area (Å²) < 4.78 is 4.74. The Morgan fingerprint density at radius 2 is 2.08 bits per heavy atom. The molecule has 0 aliphatic carbocycles. The number of hydrogen-bond acceptors (Lipinski definition) is 6. The van der Waals surface area contributed by atoms with Crippen LogP contribution in [-0.4, -0.2) is 42.2 Å². The van der Waals surface area contributed by atoms with Gasteiger partial charge in [-0.2, -0.15) is 0 Å². The highest BCUT2D eigenvalue weighted by Gasteiger charge is 2.12. The summed E-state index contributed by atoms with van der Waals surface area (Å²) in [6, 6.07) is 4.99. The van der Waals surface area contributed by atoms with E-state index in [1.165, 1.54) is 12.5 Å². The number of aromatic nitrogens is 1. The summed E-state index contributed by atoms with van der Waals surface area (Å²) in [6.07, 6.45) is 3.99. The minimum absolute atomic E-state index is 0.0680. The van der Waals surface area contributed by atoms with Gasteiger partial charge in [0, 0.05) is 18.7 Å². The van der Waals surface area contributed by atoms with Crippen LogP contribution in [-0.2, 0) is 23.9 Å². The lowest BCUT2D eigenvalue weighted by atomic mass is 10.2. The lowest BCUT2D eigenvalue weighted by Crippen LogP contribution is -2.27. The first-order valence-corrected chi connectivity index (χ1v) is 7.28. The maximum atomic E-state index is 11.9. The zero-order chi connectivity index (χ0) is 17.8. The summed E-state index contributed by atoms with van der Waals surface area (Å²) in [7, 11) is 0. The molecule has 1 heterocycles. The van der Waals surface area contributed by atoms with E-state index in [1.54, 1.807) is 25.1 Å². The van der Waals surface area contributed by atoms with Crippen molar-refractivity contribution in [2.75, 3.05) is 13.2 Å². The smallest absolute Gasteiger partial charge is 0.306 e. The number of carbonyl (C=O) groups is 3. The summed E-state index contributed by atoms with van der Waals surface area (Å²) in [6.45, 7) is 1.66. The van der Waals surface area contributed by atoms with Crippen LogP contribution in [0.3, 0.4) is 0 Å². The molecular weight excluding hydrogens is 314 g/mol. The average molecular weight is 332 g/mol. The molecule has 0 fully saturated rings. The molecule has 8 heteroatoms. The lowest BCUT2D eigenvalue weighted by Gasteiger charge is -2.09. The molecule has 1 aromatic heterocycles. The van der Waals surface area contributed by atoms with Gasteiger partial charge in [-0.15, -0.1) is 0 Å². The second kappa shape index (κ2) is 10.7. The third-order valence-corrected chi connectivity index (χ3v) is 2.69. The van der Waals surface area contributed by atoms with E-state index in [0.29, 0.717) is 5.69 Å². The molecule has 1 radical (unpaired) electrons. The Bertz CT molecular complexity index is 613. The summed E-state index contributed by atoms with van der Waals surface area (Å²) >= 11 is 0. The Kier molecular flexibility index (Phi) is 8.44. The Morgan fingerprint density at radius 3 is 2.71 bits per heavy atom. The third-order valence-electron chi connectivity index (χ3n) is 2.69. The van der Waals surface area contributed by atoms with Crippen LogP contribution in [0.4, 0.5) is 0 Å². The predicted octanol–water partition coefficient (Wildman–Crippen LogP) is 0.108. The fourth-order valence-corrected chi connectivity index (χ4v) is 1.66. The second-order valence-electron chi connectivity index (χ2n) is 4.49. The first-order chi connectivity index (χ1) is 11.6. The minimum Gasteiger partial charge on any atom is -0.466 e. The number of nitrogens with zero attached hydrogens (tertiary/aromatic N) is 1. The second-order valence-corrected chi connectivity index (χ2v) is 4.49. The Labute approximate surface area is 139 Å². The van der Waals surface area contributed by atoms with Gasteiger partial charge in [-0.3, -0.25) is 24.2 Å². The van der Waals surface area contributed by atoms with Crippen LogP contribution in [0.15, 0.2) is 30.5 Å². The zero-order valence-corrected chi connectivity index (χ0v) is 13.2. The molecule has 0 atom stereocenters. The van der Waals surface area contributed by atoms with Crippen LogP contribution in [0, 0.1) is 0 Å². The number of rotatable bonds is 9. The quantitative estimate of drug-likeness (QED) is 0.490. The average Bonchev–Trinajstić information content (AvgIpc) is 2.58. The van der Waals surface area contributed by atoms with E-state index in [9.17, 15) is 19.2 Å². The van der Waals surface area contributed by atoms with Crippen molar-refractivity contribution in [2.45, 2.75) is 19.8 Å². The number of hydrogen-bond donors (Lipinski definition) is 2. The number of ether oxygens (including phenoxy) is 1. The van der Waals surface area contributed by atoms with Crippen LogP contribution >= 0.6 is 0 Å². The largest absolute Gasteiger partial charge is 0.466 e. The molecule has 8 nitrogen and oxygen atoms in total. The number of nitrogens with one attached hydrogen (secondary N) is 2. The number of pyridine rings is 1. The molecule has 0 aliphatic rings. The summed E-state index contributed by atoms with van der Waals surface area (Å²) in [4.78, 5) is 49.1. The van der Waals surface area contributed by atoms with Crippen LogP contribution in [0.25, 0.3) is 5.70 Å². The Morgan fingerprint density at radius 1 is 1.29 bits per heavy atom. The van der Waals surface area contributed by atoms with Crippen molar-refractivity contribution in [2.24, 2.45) is 0 Å². The molecule has 0 bridgehead atoms. The number of esters is 1. The fraction of sp³-hybridized carbons (Fsp3) is 0.312. The summed E-state index contributed by atoms with van der Waals surface area (Å²) in [5, 5.41) is 4.81. The third kappa shape index (κ3) is 7.30. The molecule has 2 amide bonds. The summed E-state index contributed by atoms with van der Waals surface area (Å²) in [5.74, 6) is -1.52. The highest BCUT2D eigenvalue weighted by Crippen LogP contribution is 2.08. The van der Waals surface area contributed by atoms with Gasteiger partial charge in [-0.25, -0.2) is 0 Å². The molecule has 0 unspecified atom stereocenters. The monoisotopic (exact) mass is 332 g/mol. The predicted molar refractivity (Wildman–Crippen MR) is 84.9 cm³/mol. The van der Waals surface area contributed by atoms with E-state index in [-0.39, 0.29) is 31.7 Å². The van der Waals surface area contributed by atoms with Gasteiger partial charge < -0.3 is 15.4 Å². The van der Waals surface area contributed by atoms with Crippen LogP contribution < -0.4 is 10.6 Å². The van der Waals surface area contributed by atoms with Crippen molar-refractivity contribution < 1.29 is 23.9 Å². The maximum Gasteiger partial charge on any atom is 0.306 e. The van der Waals surface area contributed by atoms with Gasteiger partial charge in [0.2, 0.25) is 18.1 Å². The molecule has 1 aromatic rings. The zero-order valence-electron chi connectivity index (χ0n) is 13.2. The van der Waals surface area contributed by atoms with Crippen molar-refractivity contribution in [3.8, 4) is 0 Å². The SMILES string of the molecule is CCOC(=O)CCC(=O)NC(=CC(=O)NC[C]=O)c1ccccn1. The van der Waals surface area contributed by atoms with Crippen molar-refractivity contribution in [1.29, 1.82) is 0 Å². The highest BCUT2D eigenvalue weighted by molar-refractivity contribution is 5.98. The molecule has 0 saturated heterocycles. The molecule has 1 rings (SSSR count). The fourth-order valence-electron chi connectivity index (χ4n) is 1.66. The normalized spacial score (nSPS) is 10.6. The van der Waals surface area contributed by atoms with E-state index >= 15 is 0 Å². The molecular formula is C16H18N3O5. The van der Waals surface area contributed by atoms with E-state index in [4.69, 9.17) is 4.74 Å². The highest BCUT2D eigenvalue weighted by atomic mass is 16.5. The molecule has 0 aliphatic heterocycles. The van der Waals surface area contributed by atoms with Gasteiger partial charge in [-0.05, 0) is 19.1 Å². The number of amides is 2. The minimum atomic E-state index is -0.579. The topological polar surface area (TPSA) is 114 Å². The molecule has 2 N–H and O–H groups in total. The van der Waals surface area contributed by atoms with Crippen molar-refractivity contribution in [3.63, 3.8) is 0 Å². The standard InChI is InChI=1S/C16H18N3O5/c1-2-24-16(23)7-6-14(21)19-13(11-15(22)18-9-10-20)12-5-3-4-8-17-12/h3-5,8,11H,2,6-7,9H2,1H3,(H,18,22)(H,19,21). The van der Waals surface area contributed by atoms with E-state index in [0.717, 1.165) is 6.08 Å². The molecule has 0 aromatic carbocycles. The lowest BCUT2D eigenvalue weighted by molar-refractivity contribution is -0.144. The van der Waals surface area contributed by atoms with Crippen LogP contribution in [0.5, 0.6) is 0 Å². The van der Waals surface area contributed by atoms with E-state index in [1.807, 2.05) is 0 Å².